The highest BCUT2D eigenvalue weighted by Gasteiger charge is 2.23. The van der Waals surface area contributed by atoms with E-state index in [0.717, 1.165) is 18.7 Å². The predicted octanol–water partition coefficient (Wildman–Crippen LogP) is 0.575. The lowest BCUT2D eigenvalue weighted by molar-refractivity contribution is -0.139. The van der Waals surface area contributed by atoms with Crippen LogP contribution in [0, 0.1) is 0 Å². The van der Waals surface area contributed by atoms with Gasteiger partial charge >= 0.3 is 0 Å². The van der Waals surface area contributed by atoms with E-state index >= 15 is 0 Å². The van der Waals surface area contributed by atoms with Crippen LogP contribution in [-0.2, 0) is 9.59 Å². The summed E-state index contributed by atoms with van der Waals surface area (Å²) in [5.74, 6) is 0.232. The monoisotopic (exact) mass is 267 g/mol. The van der Waals surface area contributed by atoms with Crippen molar-refractivity contribution in [2.75, 3.05) is 45.8 Å². The van der Waals surface area contributed by atoms with E-state index in [4.69, 9.17) is 0 Å². The summed E-state index contributed by atoms with van der Waals surface area (Å²) in [5, 5.41) is 0. The zero-order chi connectivity index (χ0) is 14.4. The number of amides is 2. The molecule has 0 aromatic carbocycles. The van der Waals surface area contributed by atoms with Crippen LogP contribution >= 0.6 is 0 Å². The molecule has 1 fully saturated rings. The average Bonchev–Trinajstić information content (AvgIpc) is 2.37. The second-order valence-corrected chi connectivity index (χ2v) is 5.15. The second-order valence-electron chi connectivity index (χ2n) is 5.15. The van der Waals surface area contributed by atoms with Gasteiger partial charge in [-0.05, 0) is 13.5 Å². The molecule has 5 heteroatoms. The third-order valence-corrected chi connectivity index (χ3v) is 3.38. The first-order chi connectivity index (χ1) is 8.93. The normalized spacial score (nSPS) is 15.8. The lowest BCUT2D eigenvalue weighted by Crippen LogP contribution is -2.52. The van der Waals surface area contributed by atoms with E-state index < -0.39 is 0 Å². The Balaban J connectivity index is 2.42. The average molecular weight is 267 g/mol. The van der Waals surface area contributed by atoms with Gasteiger partial charge in [-0.1, -0.05) is 19.1 Å². The highest BCUT2D eigenvalue weighted by molar-refractivity contribution is 5.79. The van der Waals surface area contributed by atoms with Crippen molar-refractivity contribution >= 4 is 11.8 Å². The van der Waals surface area contributed by atoms with Crippen molar-refractivity contribution in [3.05, 3.63) is 12.2 Å². The standard InChI is InChI=1S/C14H25N3O2/c1-5-15(10-12(2)3)11-14(19)17-8-6-16(7-9-17)13(4)18/h2,5-11H2,1,3-4H3. The topological polar surface area (TPSA) is 43.9 Å². The summed E-state index contributed by atoms with van der Waals surface area (Å²) in [6.45, 7) is 14.1. The van der Waals surface area contributed by atoms with E-state index in [0.29, 0.717) is 32.7 Å². The Morgan fingerprint density at radius 1 is 1.05 bits per heavy atom. The van der Waals surface area contributed by atoms with Crippen LogP contribution in [0.4, 0.5) is 0 Å². The third-order valence-electron chi connectivity index (χ3n) is 3.38. The van der Waals surface area contributed by atoms with Crippen LogP contribution in [-0.4, -0.2) is 72.3 Å². The highest BCUT2D eigenvalue weighted by atomic mass is 16.2. The summed E-state index contributed by atoms with van der Waals surface area (Å²) >= 11 is 0. The number of likely N-dealkylation sites (N-methyl/N-ethyl adjacent to an activating group) is 1. The molecule has 0 N–H and O–H groups in total. The molecule has 108 valence electrons. The van der Waals surface area contributed by atoms with Gasteiger partial charge in [0.25, 0.3) is 0 Å². The predicted molar refractivity (Wildman–Crippen MR) is 75.8 cm³/mol. The SMILES string of the molecule is C=C(C)CN(CC)CC(=O)N1CCN(C(C)=O)CC1. The van der Waals surface area contributed by atoms with Crippen molar-refractivity contribution in [3.8, 4) is 0 Å². The van der Waals surface area contributed by atoms with Crippen LogP contribution in [0.5, 0.6) is 0 Å². The molecule has 0 aromatic heterocycles. The molecule has 19 heavy (non-hydrogen) atoms. The molecule has 1 aliphatic heterocycles. The van der Waals surface area contributed by atoms with Gasteiger partial charge in [0, 0.05) is 39.6 Å². The Bertz CT molecular complexity index is 347. The summed E-state index contributed by atoms with van der Waals surface area (Å²) < 4.78 is 0. The molecule has 0 aromatic rings. The van der Waals surface area contributed by atoms with Crippen molar-refractivity contribution in [1.82, 2.24) is 14.7 Å². The molecule has 0 spiro atoms. The van der Waals surface area contributed by atoms with Gasteiger partial charge in [-0.25, -0.2) is 0 Å². The Morgan fingerprint density at radius 3 is 2.00 bits per heavy atom. The van der Waals surface area contributed by atoms with Crippen LogP contribution in [0.3, 0.4) is 0 Å². The lowest BCUT2D eigenvalue weighted by atomic mass is 10.2. The maximum absolute atomic E-state index is 12.2. The largest absolute Gasteiger partial charge is 0.339 e. The van der Waals surface area contributed by atoms with Gasteiger partial charge in [0.05, 0.1) is 6.54 Å². The number of hydrogen-bond acceptors (Lipinski definition) is 3. The highest BCUT2D eigenvalue weighted by Crippen LogP contribution is 2.04. The zero-order valence-electron chi connectivity index (χ0n) is 12.3. The van der Waals surface area contributed by atoms with Gasteiger partial charge < -0.3 is 9.80 Å². The van der Waals surface area contributed by atoms with Gasteiger partial charge in [-0.15, -0.1) is 0 Å². The minimum absolute atomic E-state index is 0.0876. The maximum atomic E-state index is 12.2. The van der Waals surface area contributed by atoms with Crippen LogP contribution in [0.25, 0.3) is 0 Å². The van der Waals surface area contributed by atoms with E-state index in [1.165, 1.54) is 0 Å². The summed E-state index contributed by atoms with van der Waals surface area (Å²) in [6.07, 6.45) is 0. The summed E-state index contributed by atoms with van der Waals surface area (Å²) in [7, 11) is 0. The summed E-state index contributed by atoms with van der Waals surface area (Å²) in [4.78, 5) is 29.1. The number of carbonyl (C=O) groups is 2. The lowest BCUT2D eigenvalue weighted by Gasteiger charge is -2.35. The molecule has 0 aliphatic carbocycles. The smallest absolute Gasteiger partial charge is 0.236 e. The molecule has 1 saturated heterocycles. The van der Waals surface area contributed by atoms with E-state index in [-0.39, 0.29) is 11.8 Å². The molecule has 1 rings (SSSR count). The molecule has 0 bridgehead atoms. The molecular weight excluding hydrogens is 242 g/mol. The number of piperazine rings is 1. The van der Waals surface area contributed by atoms with Gasteiger partial charge in [0.2, 0.25) is 11.8 Å². The summed E-state index contributed by atoms with van der Waals surface area (Å²) in [5.41, 5.74) is 1.07. The minimum Gasteiger partial charge on any atom is -0.339 e. The first-order valence-electron chi connectivity index (χ1n) is 6.84. The third kappa shape index (κ3) is 5.03. The van der Waals surface area contributed by atoms with Gasteiger partial charge in [0.15, 0.2) is 0 Å². The Hall–Kier alpha value is -1.36. The van der Waals surface area contributed by atoms with Crippen LogP contribution in [0.2, 0.25) is 0 Å². The Labute approximate surface area is 115 Å². The Morgan fingerprint density at radius 2 is 1.58 bits per heavy atom. The van der Waals surface area contributed by atoms with Crippen molar-refractivity contribution in [3.63, 3.8) is 0 Å². The molecule has 0 unspecified atom stereocenters. The van der Waals surface area contributed by atoms with Crippen LogP contribution < -0.4 is 0 Å². The molecule has 0 saturated carbocycles. The first-order valence-corrected chi connectivity index (χ1v) is 6.84. The summed E-state index contributed by atoms with van der Waals surface area (Å²) in [6, 6.07) is 0. The van der Waals surface area contributed by atoms with Crippen LogP contribution in [0.1, 0.15) is 20.8 Å². The molecular formula is C14H25N3O2. The van der Waals surface area contributed by atoms with Crippen molar-refractivity contribution in [2.45, 2.75) is 20.8 Å². The fourth-order valence-electron chi connectivity index (χ4n) is 2.22. The van der Waals surface area contributed by atoms with E-state index in [1.807, 2.05) is 18.7 Å². The fraction of sp³-hybridized carbons (Fsp3) is 0.714. The van der Waals surface area contributed by atoms with E-state index in [1.54, 1.807) is 11.8 Å². The molecule has 1 aliphatic rings. The zero-order valence-corrected chi connectivity index (χ0v) is 12.3. The molecule has 5 nitrogen and oxygen atoms in total. The number of carbonyl (C=O) groups excluding carboxylic acids is 2. The van der Waals surface area contributed by atoms with Crippen molar-refractivity contribution < 1.29 is 9.59 Å². The Kier molecular flexibility index (Phi) is 6.02. The quantitative estimate of drug-likeness (QED) is 0.684. The fourth-order valence-corrected chi connectivity index (χ4v) is 2.22. The molecule has 2 amide bonds. The van der Waals surface area contributed by atoms with E-state index in [9.17, 15) is 9.59 Å². The first kappa shape index (κ1) is 15.7. The maximum Gasteiger partial charge on any atom is 0.236 e. The van der Waals surface area contributed by atoms with Crippen LogP contribution in [0.15, 0.2) is 12.2 Å². The van der Waals surface area contributed by atoms with Gasteiger partial charge in [-0.3, -0.25) is 14.5 Å². The van der Waals surface area contributed by atoms with Gasteiger partial charge in [0.1, 0.15) is 0 Å². The van der Waals surface area contributed by atoms with Crippen molar-refractivity contribution in [2.24, 2.45) is 0 Å². The van der Waals surface area contributed by atoms with Crippen molar-refractivity contribution in [1.29, 1.82) is 0 Å². The number of nitrogens with zero attached hydrogens (tertiary/aromatic N) is 3. The minimum atomic E-state index is 0.0876. The molecule has 0 radical (unpaired) electrons. The molecule has 0 atom stereocenters. The number of rotatable bonds is 5. The van der Waals surface area contributed by atoms with Gasteiger partial charge in [-0.2, -0.15) is 0 Å². The number of hydrogen-bond donors (Lipinski definition) is 0. The molecule has 1 heterocycles. The second kappa shape index (κ2) is 7.28. The van der Waals surface area contributed by atoms with E-state index in [2.05, 4.69) is 11.5 Å².